The number of thiazole rings is 1. The number of carbonyl (C=O) groups is 2. The Morgan fingerprint density at radius 2 is 1.80 bits per heavy atom. The van der Waals surface area contributed by atoms with Crippen molar-refractivity contribution in [3.63, 3.8) is 0 Å². The van der Waals surface area contributed by atoms with Crippen LogP contribution in [0.1, 0.15) is 55.9 Å². The van der Waals surface area contributed by atoms with Gasteiger partial charge in [-0.15, -0.1) is 23.1 Å². The first-order chi connectivity index (χ1) is 16.9. The molecule has 2 N–H and O–H groups in total. The third kappa shape index (κ3) is 6.73. The number of rotatable bonds is 8. The van der Waals surface area contributed by atoms with Gasteiger partial charge in [0.2, 0.25) is 11.8 Å². The first-order valence-electron chi connectivity index (χ1n) is 12.4. The molecule has 1 aliphatic rings. The van der Waals surface area contributed by atoms with Gasteiger partial charge in [0, 0.05) is 26.9 Å². The van der Waals surface area contributed by atoms with Gasteiger partial charge in [0.1, 0.15) is 0 Å². The molecule has 184 valence electrons. The van der Waals surface area contributed by atoms with Gasteiger partial charge in [0.05, 0.1) is 10.9 Å². The quantitative estimate of drug-likeness (QED) is 0.311. The summed E-state index contributed by atoms with van der Waals surface area (Å²) in [6.07, 6.45) is 6.12. The molecule has 0 saturated heterocycles. The van der Waals surface area contributed by atoms with E-state index in [-0.39, 0.29) is 23.0 Å². The van der Waals surface area contributed by atoms with Crippen LogP contribution in [-0.2, 0) is 9.59 Å². The lowest BCUT2D eigenvalue weighted by Gasteiger charge is -2.21. The molecule has 1 aromatic heterocycles. The second-order valence-electron chi connectivity index (χ2n) is 9.15. The lowest BCUT2D eigenvalue weighted by atomic mass is 9.88. The van der Waals surface area contributed by atoms with Crippen LogP contribution in [0.5, 0.6) is 0 Å². The number of aromatic nitrogens is 1. The summed E-state index contributed by atoms with van der Waals surface area (Å²) in [7, 11) is 0. The second kappa shape index (κ2) is 11.9. The van der Waals surface area contributed by atoms with Crippen LogP contribution >= 0.6 is 23.1 Å². The molecule has 2 aromatic carbocycles. The molecular formula is C28H33N3O2S2. The molecule has 1 atom stereocenters. The number of benzene rings is 2. The van der Waals surface area contributed by atoms with Crippen LogP contribution in [0.2, 0.25) is 0 Å². The van der Waals surface area contributed by atoms with Crippen molar-refractivity contribution in [2.45, 2.75) is 69.4 Å². The Kier molecular flexibility index (Phi) is 8.63. The fourth-order valence-corrected chi connectivity index (χ4v) is 6.21. The van der Waals surface area contributed by atoms with Crippen LogP contribution in [0, 0.1) is 19.8 Å². The van der Waals surface area contributed by atoms with Crippen molar-refractivity contribution in [1.82, 2.24) is 4.98 Å². The number of anilines is 2. The third-order valence-electron chi connectivity index (χ3n) is 6.37. The van der Waals surface area contributed by atoms with Gasteiger partial charge in [-0.1, -0.05) is 62.1 Å². The number of hydrogen-bond donors (Lipinski definition) is 2. The van der Waals surface area contributed by atoms with Gasteiger partial charge < -0.3 is 10.6 Å². The zero-order chi connectivity index (χ0) is 24.8. The van der Waals surface area contributed by atoms with E-state index < -0.39 is 0 Å². The Labute approximate surface area is 216 Å². The van der Waals surface area contributed by atoms with Gasteiger partial charge >= 0.3 is 0 Å². The Bertz CT molecular complexity index is 1170. The maximum Gasteiger partial charge on any atom is 0.239 e. The Balaban J connectivity index is 1.39. The van der Waals surface area contributed by atoms with E-state index in [4.69, 9.17) is 4.98 Å². The molecule has 1 fully saturated rings. The standard InChI is InChI=1S/C28H33N3O2S2/c1-4-24(27(33)31-28-30-25(19(3)34-28)20-15-13-18(2)14-16-20)35-23-12-8-11-22(17-23)29-26(32)21-9-6-5-7-10-21/h8,11-17,21,24H,4-7,9-10H2,1-3H3,(H,29,32)(H,30,31,33). The topological polar surface area (TPSA) is 71.1 Å². The highest BCUT2D eigenvalue weighted by atomic mass is 32.2. The minimum absolute atomic E-state index is 0.0571. The van der Waals surface area contributed by atoms with Crippen LogP contribution in [-0.4, -0.2) is 22.0 Å². The Morgan fingerprint density at radius 1 is 1.06 bits per heavy atom. The number of nitrogens with zero attached hydrogens (tertiary/aromatic N) is 1. The summed E-state index contributed by atoms with van der Waals surface area (Å²) in [5.41, 5.74) is 3.96. The Morgan fingerprint density at radius 3 is 2.51 bits per heavy atom. The van der Waals surface area contributed by atoms with Crippen LogP contribution in [0.25, 0.3) is 11.3 Å². The number of carbonyl (C=O) groups excluding carboxylic acids is 2. The summed E-state index contributed by atoms with van der Waals surface area (Å²) in [4.78, 5) is 32.4. The lowest BCUT2D eigenvalue weighted by Crippen LogP contribution is -2.25. The largest absolute Gasteiger partial charge is 0.326 e. The molecule has 1 aliphatic carbocycles. The van der Waals surface area contributed by atoms with Gasteiger partial charge in [-0.3, -0.25) is 9.59 Å². The molecule has 35 heavy (non-hydrogen) atoms. The van der Waals surface area contributed by atoms with E-state index in [0.29, 0.717) is 11.6 Å². The normalized spacial score (nSPS) is 14.9. The van der Waals surface area contributed by atoms with E-state index in [2.05, 4.69) is 41.8 Å². The van der Waals surface area contributed by atoms with E-state index in [1.165, 1.54) is 35.1 Å². The molecule has 1 heterocycles. The van der Waals surface area contributed by atoms with Crippen molar-refractivity contribution in [3.05, 3.63) is 59.0 Å². The van der Waals surface area contributed by atoms with Crippen molar-refractivity contribution in [1.29, 1.82) is 0 Å². The van der Waals surface area contributed by atoms with Gasteiger partial charge in [0.25, 0.3) is 0 Å². The smallest absolute Gasteiger partial charge is 0.239 e. The molecular weight excluding hydrogens is 474 g/mol. The number of hydrogen-bond acceptors (Lipinski definition) is 5. The molecule has 7 heteroatoms. The monoisotopic (exact) mass is 507 g/mol. The van der Waals surface area contributed by atoms with Crippen molar-refractivity contribution in [3.8, 4) is 11.3 Å². The average molecular weight is 508 g/mol. The lowest BCUT2D eigenvalue weighted by molar-refractivity contribution is -0.120. The SMILES string of the molecule is CCC(Sc1cccc(NC(=O)C2CCCCC2)c1)C(=O)Nc1nc(-c2ccc(C)cc2)c(C)s1. The molecule has 3 aromatic rings. The first kappa shape index (κ1) is 25.5. The third-order valence-corrected chi connectivity index (χ3v) is 8.62. The van der Waals surface area contributed by atoms with Gasteiger partial charge in [-0.25, -0.2) is 4.98 Å². The molecule has 1 unspecified atom stereocenters. The van der Waals surface area contributed by atoms with E-state index in [1.54, 1.807) is 0 Å². The number of aryl methyl sites for hydroxylation is 2. The second-order valence-corrected chi connectivity index (χ2v) is 11.6. The zero-order valence-corrected chi connectivity index (χ0v) is 22.2. The molecule has 5 nitrogen and oxygen atoms in total. The van der Waals surface area contributed by atoms with Crippen molar-refractivity contribution < 1.29 is 9.59 Å². The van der Waals surface area contributed by atoms with Crippen molar-refractivity contribution in [2.75, 3.05) is 10.6 Å². The maximum absolute atomic E-state index is 13.1. The summed E-state index contributed by atoms with van der Waals surface area (Å²) >= 11 is 3.01. The summed E-state index contributed by atoms with van der Waals surface area (Å²) in [6, 6.07) is 16.1. The first-order valence-corrected chi connectivity index (χ1v) is 14.1. The fraction of sp³-hybridized carbons (Fsp3) is 0.393. The fourth-order valence-electron chi connectivity index (χ4n) is 4.36. The zero-order valence-electron chi connectivity index (χ0n) is 20.6. The highest BCUT2D eigenvalue weighted by Gasteiger charge is 2.22. The van der Waals surface area contributed by atoms with Gasteiger partial charge in [-0.2, -0.15) is 0 Å². The van der Waals surface area contributed by atoms with Gasteiger partial charge in [0.15, 0.2) is 5.13 Å². The van der Waals surface area contributed by atoms with E-state index in [1.807, 2.05) is 38.1 Å². The van der Waals surface area contributed by atoms with Crippen LogP contribution < -0.4 is 10.6 Å². The summed E-state index contributed by atoms with van der Waals surface area (Å²) < 4.78 is 0. The molecule has 0 aliphatic heterocycles. The van der Waals surface area contributed by atoms with E-state index in [9.17, 15) is 9.59 Å². The molecule has 0 spiro atoms. The number of amides is 2. The van der Waals surface area contributed by atoms with Crippen molar-refractivity contribution in [2.24, 2.45) is 5.92 Å². The maximum atomic E-state index is 13.1. The highest BCUT2D eigenvalue weighted by Crippen LogP contribution is 2.33. The molecule has 0 bridgehead atoms. The predicted molar refractivity (Wildman–Crippen MR) is 147 cm³/mol. The minimum Gasteiger partial charge on any atom is -0.326 e. The number of nitrogens with one attached hydrogen (secondary N) is 2. The van der Waals surface area contributed by atoms with Crippen molar-refractivity contribution >= 4 is 45.7 Å². The summed E-state index contributed by atoms with van der Waals surface area (Å²) in [5, 5.41) is 6.47. The predicted octanol–water partition coefficient (Wildman–Crippen LogP) is 7.46. The molecule has 4 rings (SSSR count). The summed E-state index contributed by atoms with van der Waals surface area (Å²) in [6.45, 7) is 6.10. The van der Waals surface area contributed by atoms with Crippen LogP contribution in [0.15, 0.2) is 53.4 Å². The van der Waals surface area contributed by atoms with E-state index in [0.717, 1.165) is 52.4 Å². The molecule has 2 amide bonds. The van der Waals surface area contributed by atoms with Crippen LogP contribution in [0.3, 0.4) is 0 Å². The highest BCUT2D eigenvalue weighted by molar-refractivity contribution is 8.00. The Hall–Kier alpha value is -2.64. The minimum atomic E-state index is -0.258. The molecule has 0 radical (unpaired) electrons. The molecule has 1 saturated carbocycles. The number of thioether (sulfide) groups is 1. The van der Waals surface area contributed by atoms with E-state index >= 15 is 0 Å². The van der Waals surface area contributed by atoms with Gasteiger partial charge in [-0.05, 0) is 51.3 Å². The summed E-state index contributed by atoms with van der Waals surface area (Å²) in [5.74, 6) is 0.166. The van der Waals surface area contributed by atoms with Crippen LogP contribution in [0.4, 0.5) is 10.8 Å². The average Bonchev–Trinajstić information content (AvgIpc) is 3.23.